The Hall–Kier alpha value is -1.95. The molecule has 0 aliphatic rings. The SMILES string of the molecule is CCC[C@@H](N)C(=O)Nc1ccc(F)c(C(=O)OC)c1. The number of nitrogens with two attached hydrogens (primary N) is 1. The van der Waals surface area contributed by atoms with Crippen LogP contribution in [0, 0.1) is 5.82 Å². The summed E-state index contributed by atoms with van der Waals surface area (Å²) in [5.74, 6) is -1.88. The zero-order chi connectivity index (χ0) is 14.4. The third kappa shape index (κ3) is 4.03. The number of carbonyl (C=O) groups is 2. The fraction of sp³-hybridized carbons (Fsp3) is 0.385. The number of anilines is 1. The molecular formula is C13H17FN2O3. The van der Waals surface area contributed by atoms with Crippen LogP contribution in [-0.2, 0) is 9.53 Å². The Morgan fingerprint density at radius 1 is 1.47 bits per heavy atom. The molecule has 0 spiro atoms. The van der Waals surface area contributed by atoms with Crippen molar-refractivity contribution in [1.29, 1.82) is 0 Å². The van der Waals surface area contributed by atoms with Crippen molar-refractivity contribution in [2.45, 2.75) is 25.8 Å². The smallest absolute Gasteiger partial charge is 0.340 e. The summed E-state index contributed by atoms with van der Waals surface area (Å²) in [6.07, 6.45) is 1.34. The summed E-state index contributed by atoms with van der Waals surface area (Å²) in [5, 5.41) is 2.53. The highest BCUT2D eigenvalue weighted by molar-refractivity contribution is 5.96. The molecule has 5 nitrogen and oxygen atoms in total. The van der Waals surface area contributed by atoms with Crippen LogP contribution in [0.1, 0.15) is 30.1 Å². The summed E-state index contributed by atoms with van der Waals surface area (Å²) in [6.45, 7) is 1.92. The van der Waals surface area contributed by atoms with E-state index in [9.17, 15) is 14.0 Å². The first-order valence-corrected chi connectivity index (χ1v) is 5.94. The molecule has 0 aromatic heterocycles. The van der Waals surface area contributed by atoms with Gasteiger partial charge in [0.2, 0.25) is 5.91 Å². The van der Waals surface area contributed by atoms with Gasteiger partial charge >= 0.3 is 5.97 Å². The predicted octanol–water partition coefficient (Wildman–Crippen LogP) is 1.68. The van der Waals surface area contributed by atoms with Crippen LogP contribution in [0.2, 0.25) is 0 Å². The molecule has 6 heteroatoms. The minimum Gasteiger partial charge on any atom is -0.465 e. The average Bonchev–Trinajstić information content (AvgIpc) is 2.40. The number of nitrogens with one attached hydrogen (secondary N) is 1. The van der Waals surface area contributed by atoms with Crippen LogP contribution in [0.3, 0.4) is 0 Å². The van der Waals surface area contributed by atoms with Crippen LogP contribution in [0.25, 0.3) is 0 Å². The van der Waals surface area contributed by atoms with Gasteiger partial charge in [-0.15, -0.1) is 0 Å². The number of ether oxygens (including phenoxy) is 1. The van der Waals surface area contributed by atoms with Gasteiger partial charge in [-0.05, 0) is 24.6 Å². The summed E-state index contributed by atoms with van der Waals surface area (Å²) in [6, 6.07) is 3.04. The Morgan fingerprint density at radius 3 is 2.74 bits per heavy atom. The summed E-state index contributed by atoms with van der Waals surface area (Å²) >= 11 is 0. The summed E-state index contributed by atoms with van der Waals surface area (Å²) < 4.78 is 17.8. The zero-order valence-electron chi connectivity index (χ0n) is 10.9. The number of rotatable bonds is 5. The standard InChI is InChI=1S/C13H17FN2O3/c1-3-4-11(15)12(17)16-8-5-6-10(14)9(7-8)13(18)19-2/h5-7,11H,3-4,15H2,1-2H3,(H,16,17)/t11-/m1/s1. The molecule has 0 aliphatic carbocycles. The van der Waals surface area contributed by atoms with E-state index in [0.29, 0.717) is 12.1 Å². The summed E-state index contributed by atoms with van der Waals surface area (Å²) in [4.78, 5) is 23.0. The number of esters is 1. The van der Waals surface area contributed by atoms with Crippen molar-refractivity contribution >= 4 is 17.6 Å². The van der Waals surface area contributed by atoms with E-state index >= 15 is 0 Å². The Morgan fingerprint density at radius 2 is 2.16 bits per heavy atom. The maximum absolute atomic E-state index is 13.4. The topological polar surface area (TPSA) is 81.4 Å². The molecule has 1 rings (SSSR count). The average molecular weight is 268 g/mol. The lowest BCUT2D eigenvalue weighted by atomic mass is 10.1. The lowest BCUT2D eigenvalue weighted by molar-refractivity contribution is -0.117. The van der Waals surface area contributed by atoms with E-state index in [2.05, 4.69) is 10.1 Å². The highest BCUT2D eigenvalue weighted by Crippen LogP contribution is 2.16. The quantitative estimate of drug-likeness (QED) is 0.796. The van der Waals surface area contributed by atoms with Gasteiger partial charge in [-0.3, -0.25) is 4.79 Å². The molecule has 19 heavy (non-hydrogen) atoms. The number of benzene rings is 1. The van der Waals surface area contributed by atoms with E-state index in [0.717, 1.165) is 19.6 Å². The van der Waals surface area contributed by atoms with Crippen LogP contribution < -0.4 is 11.1 Å². The van der Waals surface area contributed by atoms with Gasteiger partial charge in [-0.1, -0.05) is 13.3 Å². The maximum Gasteiger partial charge on any atom is 0.340 e. The molecule has 0 heterocycles. The maximum atomic E-state index is 13.4. The molecule has 0 aliphatic heterocycles. The van der Waals surface area contributed by atoms with Crippen molar-refractivity contribution < 1.29 is 18.7 Å². The van der Waals surface area contributed by atoms with Crippen LogP contribution in [0.15, 0.2) is 18.2 Å². The molecule has 1 amide bonds. The second-order valence-electron chi connectivity index (χ2n) is 4.07. The molecule has 104 valence electrons. The number of methoxy groups -OCH3 is 1. The fourth-order valence-electron chi connectivity index (χ4n) is 1.55. The van der Waals surface area contributed by atoms with E-state index in [-0.39, 0.29) is 11.5 Å². The van der Waals surface area contributed by atoms with Crippen molar-refractivity contribution in [3.63, 3.8) is 0 Å². The second kappa shape index (κ2) is 6.84. The predicted molar refractivity (Wildman–Crippen MR) is 69.3 cm³/mol. The van der Waals surface area contributed by atoms with Gasteiger partial charge in [0.1, 0.15) is 5.82 Å². The largest absolute Gasteiger partial charge is 0.465 e. The second-order valence-corrected chi connectivity index (χ2v) is 4.07. The molecular weight excluding hydrogens is 251 g/mol. The normalized spacial score (nSPS) is 11.8. The first-order valence-electron chi connectivity index (χ1n) is 5.94. The van der Waals surface area contributed by atoms with Gasteiger partial charge in [0.25, 0.3) is 0 Å². The van der Waals surface area contributed by atoms with Crippen LogP contribution in [0.5, 0.6) is 0 Å². The molecule has 1 aromatic carbocycles. The van der Waals surface area contributed by atoms with Crippen molar-refractivity contribution in [2.24, 2.45) is 5.73 Å². The number of hydrogen-bond acceptors (Lipinski definition) is 4. The highest BCUT2D eigenvalue weighted by atomic mass is 19.1. The minimum atomic E-state index is -0.800. The van der Waals surface area contributed by atoms with Gasteiger partial charge in [0, 0.05) is 5.69 Å². The van der Waals surface area contributed by atoms with Gasteiger partial charge in [0.15, 0.2) is 0 Å². The van der Waals surface area contributed by atoms with Gasteiger partial charge in [0.05, 0.1) is 18.7 Å². The monoisotopic (exact) mass is 268 g/mol. The molecule has 3 N–H and O–H groups in total. The third-order valence-electron chi connectivity index (χ3n) is 2.58. The fourth-order valence-corrected chi connectivity index (χ4v) is 1.55. The lowest BCUT2D eigenvalue weighted by Crippen LogP contribution is -2.35. The Balaban J connectivity index is 2.85. The minimum absolute atomic E-state index is 0.232. The molecule has 1 atom stereocenters. The van der Waals surface area contributed by atoms with Gasteiger partial charge in [-0.2, -0.15) is 0 Å². The third-order valence-corrected chi connectivity index (χ3v) is 2.58. The lowest BCUT2D eigenvalue weighted by Gasteiger charge is -2.12. The van der Waals surface area contributed by atoms with E-state index in [1.807, 2.05) is 6.92 Å². The van der Waals surface area contributed by atoms with Crippen molar-refractivity contribution in [1.82, 2.24) is 0 Å². The van der Waals surface area contributed by atoms with Crippen molar-refractivity contribution in [3.8, 4) is 0 Å². The first kappa shape index (κ1) is 15.1. The molecule has 1 aromatic rings. The molecule has 0 fully saturated rings. The van der Waals surface area contributed by atoms with Gasteiger partial charge in [-0.25, -0.2) is 9.18 Å². The van der Waals surface area contributed by atoms with E-state index in [4.69, 9.17) is 5.73 Å². The summed E-state index contributed by atoms with van der Waals surface area (Å²) in [7, 11) is 1.16. The zero-order valence-corrected chi connectivity index (χ0v) is 10.9. The van der Waals surface area contributed by atoms with Crippen LogP contribution >= 0.6 is 0 Å². The molecule has 0 unspecified atom stereocenters. The number of halogens is 1. The number of hydrogen-bond donors (Lipinski definition) is 2. The number of carbonyl (C=O) groups excluding carboxylic acids is 2. The van der Waals surface area contributed by atoms with Crippen molar-refractivity contribution in [2.75, 3.05) is 12.4 Å². The summed E-state index contributed by atoms with van der Waals surface area (Å²) in [5.41, 5.74) is 5.72. The number of amides is 1. The molecule has 0 bridgehead atoms. The first-order chi connectivity index (χ1) is 8.99. The Labute approximate surface area is 110 Å². The molecule has 0 saturated carbocycles. The Bertz CT molecular complexity index is 477. The van der Waals surface area contributed by atoms with Gasteiger partial charge < -0.3 is 15.8 Å². The van der Waals surface area contributed by atoms with Crippen LogP contribution in [0.4, 0.5) is 10.1 Å². The van der Waals surface area contributed by atoms with E-state index in [1.54, 1.807) is 0 Å². The molecule has 0 radical (unpaired) electrons. The van der Waals surface area contributed by atoms with E-state index < -0.39 is 17.8 Å². The molecule has 0 saturated heterocycles. The Kier molecular flexibility index (Phi) is 5.44. The highest BCUT2D eigenvalue weighted by Gasteiger charge is 2.16. The van der Waals surface area contributed by atoms with E-state index in [1.165, 1.54) is 12.1 Å². The van der Waals surface area contributed by atoms with Crippen LogP contribution in [-0.4, -0.2) is 25.0 Å². The van der Waals surface area contributed by atoms with Crippen molar-refractivity contribution in [3.05, 3.63) is 29.6 Å².